The number of rotatable bonds is 4. The summed E-state index contributed by atoms with van der Waals surface area (Å²) in [5, 5.41) is 6.19. The molecular formula is C14H18N4O3S. The predicted molar refractivity (Wildman–Crippen MR) is 85.9 cm³/mol. The highest BCUT2D eigenvalue weighted by Crippen LogP contribution is 2.38. The maximum Gasteiger partial charge on any atom is 0.321 e. The van der Waals surface area contributed by atoms with E-state index in [0.29, 0.717) is 16.6 Å². The fourth-order valence-electron chi connectivity index (χ4n) is 2.32. The van der Waals surface area contributed by atoms with Crippen LogP contribution in [0, 0.1) is 0 Å². The Hall–Kier alpha value is -2.06. The molecule has 1 aromatic heterocycles. The smallest absolute Gasteiger partial charge is 0.321 e. The molecule has 1 aromatic carbocycles. The molecule has 0 spiro atoms. The van der Waals surface area contributed by atoms with E-state index in [4.69, 9.17) is 9.47 Å². The topological polar surface area (TPSA) is 75.7 Å². The van der Waals surface area contributed by atoms with Crippen LogP contribution in [0.1, 0.15) is 6.92 Å². The normalized spacial score (nSPS) is 14.4. The molecule has 2 heterocycles. The average molecular weight is 322 g/mol. The monoisotopic (exact) mass is 322 g/mol. The summed E-state index contributed by atoms with van der Waals surface area (Å²) in [5.41, 5.74) is 0.783. The van der Waals surface area contributed by atoms with Crippen LogP contribution in [0.15, 0.2) is 12.1 Å². The lowest BCUT2D eigenvalue weighted by molar-refractivity contribution is 0.174. The van der Waals surface area contributed by atoms with Gasteiger partial charge in [0.2, 0.25) is 6.79 Å². The number of amides is 2. The molecule has 0 saturated carbocycles. The van der Waals surface area contributed by atoms with Crippen LogP contribution in [-0.2, 0) is 0 Å². The lowest BCUT2D eigenvalue weighted by Gasteiger charge is -2.17. The molecule has 3 rings (SSSR count). The van der Waals surface area contributed by atoms with Gasteiger partial charge in [-0.3, -0.25) is 5.32 Å². The van der Waals surface area contributed by atoms with E-state index < -0.39 is 0 Å². The largest absolute Gasteiger partial charge is 0.454 e. The molecule has 0 bridgehead atoms. The van der Waals surface area contributed by atoms with Crippen LogP contribution in [-0.4, -0.2) is 49.4 Å². The molecule has 118 valence electrons. The van der Waals surface area contributed by atoms with Crippen molar-refractivity contribution in [1.29, 1.82) is 0 Å². The quantitative estimate of drug-likeness (QED) is 0.901. The van der Waals surface area contributed by atoms with E-state index in [1.165, 1.54) is 11.3 Å². The van der Waals surface area contributed by atoms with E-state index in [0.717, 1.165) is 16.8 Å². The van der Waals surface area contributed by atoms with Gasteiger partial charge in [0.1, 0.15) is 0 Å². The van der Waals surface area contributed by atoms with Crippen molar-refractivity contribution >= 4 is 32.7 Å². The van der Waals surface area contributed by atoms with Gasteiger partial charge in [-0.15, -0.1) is 0 Å². The van der Waals surface area contributed by atoms with Gasteiger partial charge >= 0.3 is 6.03 Å². The predicted octanol–water partition coefficient (Wildman–Crippen LogP) is 2.10. The van der Waals surface area contributed by atoms with Gasteiger partial charge < -0.3 is 19.7 Å². The van der Waals surface area contributed by atoms with E-state index in [1.807, 2.05) is 38.1 Å². The minimum Gasteiger partial charge on any atom is -0.454 e. The van der Waals surface area contributed by atoms with Gasteiger partial charge in [0.05, 0.1) is 10.2 Å². The minimum absolute atomic E-state index is 0.0509. The van der Waals surface area contributed by atoms with E-state index in [9.17, 15) is 4.79 Å². The van der Waals surface area contributed by atoms with Crippen LogP contribution in [0.4, 0.5) is 9.93 Å². The molecule has 0 unspecified atom stereocenters. The zero-order valence-corrected chi connectivity index (χ0v) is 13.5. The standard InChI is InChI=1S/C14H18N4O3S/c1-8(6-18(2)3)15-13(19)17-14-16-9-4-10-11(21-7-20-10)5-12(9)22-14/h4-5,8H,6-7H2,1-3H3,(H2,15,16,17,19)/t8-/m0/s1. The number of ether oxygens (including phenoxy) is 2. The maximum absolute atomic E-state index is 12.0. The molecular weight excluding hydrogens is 304 g/mol. The van der Waals surface area contributed by atoms with Gasteiger partial charge in [-0.2, -0.15) is 0 Å². The summed E-state index contributed by atoms with van der Waals surface area (Å²) in [6.45, 7) is 2.97. The Labute approximate surface area is 132 Å². The number of aromatic nitrogens is 1. The number of carbonyl (C=O) groups is 1. The third-order valence-corrected chi connectivity index (χ3v) is 4.05. The lowest BCUT2D eigenvalue weighted by atomic mass is 10.3. The Morgan fingerprint density at radius 3 is 2.86 bits per heavy atom. The van der Waals surface area contributed by atoms with Crippen molar-refractivity contribution < 1.29 is 14.3 Å². The second-order valence-electron chi connectivity index (χ2n) is 5.45. The Balaban J connectivity index is 1.68. The van der Waals surface area contributed by atoms with Crippen molar-refractivity contribution in [2.75, 3.05) is 32.7 Å². The van der Waals surface area contributed by atoms with Gasteiger partial charge in [-0.05, 0) is 21.0 Å². The number of hydrogen-bond donors (Lipinski definition) is 2. The van der Waals surface area contributed by atoms with Gasteiger partial charge in [0, 0.05) is 24.7 Å². The van der Waals surface area contributed by atoms with E-state index in [2.05, 4.69) is 15.6 Å². The summed E-state index contributed by atoms with van der Waals surface area (Å²) in [7, 11) is 3.93. The zero-order chi connectivity index (χ0) is 15.7. The molecule has 7 nitrogen and oxygen atoms in total. The number of fused-ring (bicyclic) bond motifs is 2. The zero-order valence-electron chi connectivity index (χ0n) is 12.7. The van der Waals surface area contributed by atoms with Crippen molar-refractivity contribution in [1.82, 2.24) is 15.2 Å². The first-order valence-corrected chi connectivity index (χ1v) is 7.75. The van der Waals surface area contributed by atoms with Crippen molar-refractivity contribution in [3.05, 3.63) is 12.1 Å². The summed E-state index contributed by atoms with van der Waals surface area (Å²) >= 11 is 1.40. The van der Waals surface area contributed by atoms with Gasteiger partial charge in [0.15, 0.2) is 16.6 Å². The number of hydrogen-bond acceptors (Lipinski definition) is 6. The number of urea groups is 1. The summed E-state index contributed by atoms with van der Waals surface area (Å²) in [6.07, 6.45) is 0. The van der Waals surface area contributed by atoms with E-state index in [1.54, 1.807) is 0 Å². The highest BCUT2D eigenvalue weighted by Gasteiger charge is 2.17. The minimum atomic E-state index is -0.256. The third kappa shape index (κ3) is 3.23. The van der Waals surface area contributed by atoms with Crippen LogP contribution in [0.25, 0.3) is 10.2 Å². The number of nitrogens with zero attached hydrogens (tertiary/aromatic N) is 2. The summed E-state index contributed by atoms with van der Waals surface area (Å²) in [5.74, 6) is 1.40. The molecule has 1 atom stereocenters. The second kappa shape index (κ2) is 5.98. The molecule has 2 amide bonds. The van der Waals surface area contributed by atoms with Crippen molar-refractivity contribution in [3.63, 3.8) is 0 Å². The number of carbonyl (C=O) groups excluding carboxylic acids is 1. The molecule has 0 radical (unpaired) electrons. The van der Waals surface area contributed by atoms with Crippen LogP contribution in [0.5, 0.6) is 11.5 Å². The number of nitrogens with one attached hydrogen (secondary N) is 2. The molecule has 1 aliphatic heterocycles. The van der Waals surface area contributed by atoms with Crippen LogP contribution >= 0.6 is 11.3 Å². The van der Waals surface area contributed by atoms with E-state index in [-0.39, 0.29) is 18.9 Å². The van der Waals surface area contributed by atoms with Gasteiger partial charge in [-0.1, -0.05) is 11.3 Å². The Kier molecular flexibility index (Phi) is 4.04. The highest BCUT2D eigenvalue weighted by atomic mass is 32.1. The molecule has 0 fully saturated rings. The number of thiazole rings is 1. The van der Waals surface area contributed by atoms with Gasteiger partial charge in [0.25, 0.3) is 0 Å². The third-order valence-electron chi connectivity index (χ3n) is 3.12. The summed E-state index contributed by atoms with van der Waals surface area (Å²) in [6, 6.07) is 3.50. The first kappa shape index (κ1) is 14.9. The molecule has 0 saturated heterocycles. The Morgan fingerprint density at radius 2 is 2.14 bits per heavy atom. The summed E-state index contributed by atoms with van der Waals surface area (Å²) in [4.78, 5) is 18.4. The molecule has 2 aromatic rings. The van der Waals surface area contributed by atoms with Crippen molar-refractivity contribution in [2.45, 2.75) is 13.0 Å². The number of benzene rings is 1. The molecule has 0 aliphatic carbocycles. The lowest BCUT2D eigenvalue weighted by Crippen LogP contribution is -2.41. The summed E-state index contributed by atoms with van der Waals surface area (Å²) < 4.78 is 11.6. The first-order valence-electron chi connectivity index (χ1n) is 6.93. The van der Waals surface area contributed by atoms with Crippen molar-refractivity contribution in [2.24, 2.45) is 0 Å². The fourth-order valence-corrected chi connectivity index (χ4v) is 3.19. The van der Waals surface area contributed by atoms with E-state index >= 15 is 0 Å². The van der Waals surface area contributed by atoms with Gasteiger partial charge in [-0.25, -0.2) is 9.78 Å². The SMILES string of the molecule is C[C@@H](CN(C)C)NC(=O)Nc1nc2cc3c(cc2s1)OCO3. The van der Waals surface area contributed by atoms with Crippen LogP contribution in [0.3, 0.4) is 0 Å². The Morgan fingerprint density at radius 1 is 1.41 bits per heavy atom. The van der Waals surface area contributed by atoms with Crippen molar-refractivity contribution in [3.8, 4) is 11.5 Å². The fraction of sp³-hybridized carbons (Fsp3) is 0.429. The number of likely N-dealkylation sites (N-methyl/N-ethyl adjacent to an activating group) is 1. The first-order chi connectivity index (χ1) is 10.5. The molecule has 2 N–H and O–H groups in total. The molecule has 1 aliphatic rings. The van der Waals surface area contributed by atoms with Crippen LogP contribution in [0.2, 0.25) is 0 Å². The maximum atomic E-state index is 12.0. The Bertz CT molecular complexity index is 660. The number of anilines is 1. The average Bonchev–Trinajstić information content (AvgIpc) is 2.98. The second-order valence-corrected chi connectivity index (χ2v) is 6.48. The molecule has 8 heteroatoms. The highest BCUT2D eigenvalue weighted by molar-refractivity contribution is 7.22. The van der Waals surface area contributed by atoms with Crippen LogP contribution < -0.4 is 20.1 Å². The molecule has 22 heavy (non-hydrogen) atoms.